The Balaban J connectivity index is 2.14. The lowest BCUT2D eigenvalue weighted by atomic mass is 9.82. The lowest BCUT2D eigenvalue weighted by molar-refractivity contribution is 0.366. The molecule has 0 radical (unpaired) electrons. The van der Waals surface area contributed by atoms with Crippen LogP contribution in [0, 0.1) is 0 Å². The molecule has 2 aromatic carbocycles. The van der Waals surface area contributed by atoms with E-state index in [2.05, 4.69) is 86.9 Å². The zero-order chi connectivity index (χ0) is 14.6. The summed E-state index contributed by atoms with van der Waals surface area (Å²) in [7, 11) is 0. The van der Waals surface area contributed by atoms with E-state index in [4.69, 9.17) is 0 Å². The summed E-state index contributed by atoms with van der Waals surface area (Å²) in [6.07, 6.45) is 0. The number of para-hydroxylation sites is 2. The van der Waals surface area contributed by atoms with Gasteiger partial charge in [0.15, 0.2) is 0 Å². The number of benzene rings is 2. The molecule has 2 heteroatoms. The first-order chi connectivity index (χ1) is 9.41. The third kappa shape index (κ3) is 3.32. The van der Waals surface area contributed by atoms with Gasteiger partial charge in [-0.1, -0.05) is 36.4 Å². The number of anilines is 2. The summed E-state index contributed by atoms with van der Waals surface area (Å²) in [6, 6.07) is 20.7. The van der Waals surface area contributed by atoms with Gasteiger partial charge in [0.1, 0.15) is 0 Å². The van der Waals surface area contributed by atoms with Crippen LogP contribution in [0.25, 0.3) is 0 Å². The number of rotatable bonds is 5. The quantitative estimate of drug-likeness (QED) is 0.816. The van der Waals surface area contributed by atoms with E-state index in [-0.39, 0.29) is 11.1 Å². The zero-order valence-corrected chi connectivity index (χ0v) is 12.8. The lowest BCUT2D eigenvalue weighted by Crippen LogP contribution is -2.56. The van der Waals surface area contributed by atoms with Crippen molar-refractivity contribution in [2.24, 2.45) is 0 Å². The molecular formula is C18H24N2. The molecule has 0 aliphatic rings. The maximum Gasteiger partial charge on any atom is 0.0541 e. The fourth-order valence-corrected chi connectivity index (χ4v) is 2.08. The topological polar surface area (TPSA) is 24.1 Å². The minimum Gasteiger partial charge on any atom is -0.378 e. The Morgan fingerprint density at radius 1 is 0.550 bits per heavy atom. The second-order valence-corrected chi connectivity index (χ2v) is 6.23. The largest absolute Gasteiger partial charge is 0.378 e. The van der Waals surface area contributed by atoms with Crippen LogP contribution in [0.15, 0.2) is 60.7 Å². The van der Waals surface area contributed by atoms with E-state index in [1.54, 1.807) is 0 Å². The Bertz CT molecular complexity index is 478. The maximum absolute atomic E-state index is 3.62. The fraction of sp³-hybridized carbons (Fsp3) is 0.333. The molecule has 2 N–H and O–H groups in total. The molecule has 0 heterocycles. The monoisotopic (exact) mass is 268 g/mol. The van der Waals surface area contributed by atoms with Crippen LogP contribution in [0.3, 0.4) is 0 Å². The minimum absolute atomic E-state index is 0.107. The van der Waals surface area contributed by atoms with Gasteiger partial charge in [-0.2, -0.15) is 0 Å². The van der Waals surface area contributed by atoms with Crippen LogP contribution in [0.5, 0.6) is 0 Å². The number of hydrogen-bond donors (Lipinski definition) is 2. The van der Waals surface area contributed by atoms with E-state index in [0.29, 0.717) is 0 Å². The van der Waals surface area contributed by atoms with Crippen molar-refractivity contribution in [2.75, 3.05) is 10.6 Å². The van der Waals surface area contributed by atoms with Gasteiger partial charge >= 0.3 is 0 Å². The first kappa shape index (κ1) is 14.4. The Morgan fingerprint density at radius 3 is 1.15 bits per heavy atom. The second kappa shape index (κ2) is 5.58. The Hall–Kier alpha value is -1.96. The van der Waals surface area contributed by atoms with Crippen LogP contribution in [-0.4, -0.2) is 11.1 Å². The van der Waals surface area contributed by atoms with E-state index in [0.717, 1.165) is 11.4 Å². The molecular weight excluding hydrogens is 244 g/mol. The van der Waals surface area contributed by atoms with Crippen LogP contribution in [0.2, 0.25) is 0 Å². The molecule has 0 saturated heterocycles. The van der Waals surface area contributed by atoms with E-state index < -0.39 is 0 Å². The zero-order valence-electron chi connectivity index (χ0n) is 12.8. The second-order valence-electron chi connectivity index (χ2n) is 6.23. The third-order valence-electron chi connectivity index (χ3n) is 4.02. The van der Waals surface area contributed by atoms with Gasteiger partial charge in [0.25, 0.3) is 0 Å². The number of nitrogens with one attached hydrogen (secondary N) is 2. The van der Waals surface area contributed by atoms with Gasteiger partial charge in [0.2, 0.25) is 0 Å². The predicted octanol–water partition coefficient (Wildman–Crippen LogP) is 4.77. The smallest absolute Gasteiger partial charge is 0.0541 e. The SMILES string of the molecule is CC(C)(Nc1ccccc1)C(C)(C)Nc1ccccc1. The highest BCUT2D eigenvalue weighted by molar-refractivity contribution is 5.50. The van der Waals surface area contributed by atoms with E-state index >= 15 is 0 Å². The van der Waals surface area contributed by atoms with Crippen LogP contribution < -0.4 is 10.6 Å². The van der Waals surface area contributed by atoms with Crippen molar-refractivity contribution in [3.8, 4) is 0 Å². The van der Waals surface area contributed by atoms with Crippen molar-refractivity contribution in [3.05, 3.63) is 60.7 Å². The Labute approximate surface area is 122 Å². The first-order valence-electron chi connectivity index (χ1n) is 7.07. The normalized spacial score (nSPS) is 12.0. The van der Waals surface area contributed by atoms with E-state index in [1.165, 1.54) is 0 Å². The highest BCUT2D eigenvalue weighted by Crippen LogP contribution is 2.29. The van der Waals surface area contributed by atoms with Gasteiger partial charge in [-0.15, -0.1) is 0 Å². The molecule has 2 nitrogen and oxygen atoms in total. The van der Waals surface area contributed by atoms with Gasteiger partial charge in [-0.05, 0) is 52.0 Å². The van der Waals surface area contributed by atoms with Gasteiger partial charge < -0.3 is 10.6 Å². The van der Waals surface area contributed by atoms with Crippen LogP contribution >= 0.6 is 0 Å². The molecule has 0 saturated carbocycles. The van der Waals surface area contributed by atoms with Crippen LogP contribution in [0.1, 0.15) is 27.7 Å². The molecule has 2 rings (SSSR count). The molecule has 0 fully saturated rings. The molecule has 0 aromatic heterocycles. The maximum atomic E-state index is 3.62. The van der Waals surface area contributed by atoms with Crippen molar-refractivity contribution in [3.63, 3.8) is 0 Å². The highest BCUT2D eigenvalue weighted by Gasteiger charge is 2.36. The average molecular weight is 268 g/mol. The highest BCUT2D eigenvalue weighted by atomic mass is 15.1. The summed E-state index contributed by atoms with van der Waals surface area (Å²) in [4.78, 5) is 0. The van der Waals surface area contributed by atoms with Crippen molar-refractivity contribution >= 4 is 11.4 Å². The van der Waals surface area contributed by atoms with Crippen molar-refractivity contribution in [2.45, 2.75) is 38.8 Å². The molecule has 0 amide bonds. The van der Waals surface area contributed by atoms with Gasteiger partial charge in [0, 0.05) is 11.4 Å². The van der Waals surface area contributed by atoms with Crippen molar-refractivity contribution in [1.29, 1.82) is 0 Å². The number of hydrogen-bond acceptors (Lipinski definition) is 2. The Morgan fingerprint density at radius 2 is 0.850 bits per heavy atom. The molecule has 0 spiro atoms. The first-order valence-corrected chi connectivity index (χ1v) is 7.07. The molecule has 0 aliphatic heterocycles. The standard InChI is InChI=1S/C18H24N2/c1-17(2,19-15-11-7-5-8-12-15)18(3,4)20-16-13-9-6-10-14-16/h5-14,19-20H,1-4H3. The molecule has 106 valence electrons. The molecule has 2 aromatic rings. The summed E-state index contributed by atoms with van der Waals surface area (Å²) < 4.78 is 0. The molecule has 20 heavy (non-hydrogen) atoms. The van der Waals surface area contributed by atoms with Gasteiger partial charge in [0.05, 0.1) is 11.1 Å². The van der Waals surface area contributed by atoms with Gasteiger partial charge in [-0.3, -0.25) is 0 Å². The molecule has 0 unspecified atom stereocenters. The molecule has 0 atom stereocenters. The van der Waals surface area contributed by atoms with Crippen LogP contribution in [0.4, 0.5) is 11.4 Å². The summed E-state index contributed by atoms with van der Waals surface area (Å²) in [5, 5.41) is 7.23. The van der Waals surface area contributed by atoms with E-state index in [9.17, 15) is 0 Å². The van der Waals surface area contributed by atoms with Crippen molar-refractivity contribution in [1.82, 2.24) is 0 Å². The summed E-state index contributed by atoms with van der Waals surface area (Å²) >= 11 is 0. The van der Waals surface area contributed by atoms with E-state index in [1.807, 2.05) is 12.1 Å². The van der Waals surface area contributed by atoms with Gasteiger partial charge in [-0.25, -0.2) is 0 Å². The molecule has 0 bridgehead atoms. The Kier molecular flexibility index (Phi) is 4.03. The third-order valence-corrected chi connectivity index (χ3v) is 4.02. The summed E-state index contributed by atoms with van der Waals surface area (Å²) in [5.74, 6) is 0. The van der Waals surface area contributed by atoms with Crippen LogP contribution in [-0.2, 0) is 0 Å². The fourth-order valence-electron chi connectivity index (χ4n) is 2.08. The summed E-state index contributed by atoms with van der Waals surface area (Å²) in [6.45, 7) is 8.87. The molecule has 0 aliphatic carbocycles. The summed E-state index contributed by atoms with van der Waals surface area (Å²) in [5.41, 5.74) is 2.06. The predicted molar refractivity (Wildman–Crippen MR) is 88.3 cm³/mol. The lowest BCUT2D eigenvalue weighted by Gasteiger charge is -2.44. The average Bonchev–Trinajstić information content (AvgIpc) is 2.40. The minimum atomic E-state index is -0.107. The van der Waals surface area contributed by atoms with Crippen molar-refractivity contribution < 1.29 is 0 Å².